The van der Waals surface area contributed by atoms with Gasteiger partial charge in [0.1, 0.15) is 0 Å². The lowest BCUT2D eigenvalue weighted by Crippen LogP contribution is -1.86. The third kappa shape index (κ3) is 0.570. The summed E-state index contributed by atoms with van der Waals surface area (Å²) in [6.07, 6.45) is 4.57. The van der Waals surface area contributed by atoms with Crippen LogP contribution in [0.4, 0.5) is 0 Å². The fourth-order valence-corrected chi connectivity index (χ4v) is 3.16. The van der Waals surface area contributed by atoms with Gasteiger partial charge in [-0.25, -0.2) is 0 Å². The van der Waals surface area contributed by atoms with Gasteiger partial charge >= 0.3 is 0 Å². The summed E-state index contributed by atoms with van der Waals surface area (Å²) in [5, 5.41) is 1.27. The van der Waals surface area contributed by atoms with Crippen LogP contribution in [0.25, 0.3) is 0 Å². The molecule has 0 aliphatic heterocycles. The van der Waals surface area contributed by atoms with Crippen LogP contribution in [0.3, 0.4) is 0 Å². The molecule has 0 heterocycles. The van der Waals surface area contributed by atoms with Gasteiger partial charge in [-0.05, 0) is 30.6 Å². The van der Waals surface area contributed by atoms with Gasteiger partial charge in [0.05, 0.1) is 0 Å². The van der Waals surface area contributed by atoms with Crippen LogP contribution >= 0.6 is 15.9 Å². The quantitative estimate of drug-likeness (QED) is 0.537. The second-order valence-electron chi connectivity index (χ2n) is 3.08. The van der Waals surface area contributed by atoms with Gasteiger partial charge in [-0.15, -0.1) is 0 Å². The summed E-state index contributed by atoms with van der Waals surface area (Å²) in [7, 11) is 0. The smallest absolute Gasteiger partial charge is 0.00651 e. The largest absolute Gasteiger partial charge is 0.0925 e. The molecular weight excluding hydrogens is 164 g/mol. The average molecular weight is 175 g/mol. The highest BCUT2D eigenvalue weighted by atomic mass is 79.9. The molecule has 1 heteroatoms. The van der Waals surface area contributed by atoms with Crippen molar-refractivity contribution in [3.05, 3.63) is 0 Å². The molecule has 0 saturated heterocycles. The van der Waals surface area contributed by atoms with Crippen LogP contribution in [0.15, 0.2) is 0 Å². The molecule has 0 aromatic carbocycles. The highest BCUT2D eigenvalue weighted by molar-refractivity contribution is 9.09. The van der Waals surface area contributed by atoms with E-state index >= 15 is 0 Å². The van der Waals surface area contributed by atoms with Crippen LogP contribution in [0.1, 0.15) is 19.3 Å². The SMILES string of the molecule is BrCC1[C@@H]2CCC[C@@H]12. The molecule has 8 heavy (non-hydrogen) atoms. The van der Waals surface area contributed by atoms with Gasteiger partial charge in [-0.3, -0.25) is 0 Å². The fourth-order valence-electron chi connectivity index (χ4n) is 2.20. The third-order valence-electron chi connectivity index (χ3n) is 2.76. The Labute approximate surface area is 58.8 Å². The summed E-state index contributed by atoms with van der Waals surface area (Å²) in [4.78, 5) is 0. The van der Waals surface area contributed by atoms with E-state index < -0.39 is 0 Å². The monoisotopic (exact) mass is 174 g/mol. The molecule has 46 valence electrons. The number of rotatable bonds is 1. The summed E-state index contributed by atoms with van der Waals surface area (Å²) in [6.45, 7) is 0. The van der Waals surface area contributed by atoms with E-state index in [1.165, 1.54) is 24.6 Å². The van der Waals surface area contributed by atoms with E-state index in [1.54, 1.807) is 0 Å². The van der Waals surface area contributed by atoms with Crippen LogP contribution in [0.2, 0.25) is 0 Å². The minimum absolute atomic E-state index is 1.09. The van der Waals surface area contributed by atoms with Gasteiger partial charge in [-0.2, -0.15) is 0 Å². The molecule has 0 nitrogen and oxygen atoms in total. The van der Waals surface area contributed by atoms with Crippen LogP contribution in [-0.2, 0) is 0 Å². The van der Waals surface area contributed by atoms with Crippen LogP contribution in [0, 0.1) is 17.8 Å². The standard InChI is InChI=1S/C7H11Br/c8-4-7-5-2-1-3-6(5)7/h5-7H,1-4H2/t5-,6-/m1/s1. The Kier molecular flexibility index (Phi) is 1.14. The molecule has 0 amide bonds. The number of fused-ring (bicyclic) bond motifs is 1. The molecule has 2 saturated carbocycles. The van der Waals surface area contributed by atoms with Crippen molar-refractivity contribution in [2.45, 2.75) is 19.3 Å². The molecule has 0 N–H and O–H groups in total. The van der Waals surface area contributed by atoms with Crippen molar-refractivity contribution in [2.24, 2.45) is 17.8 Å². The van der Waals surface area contributed by atoms with Crippen LogP contribution in [0.5, 0.6) is 0 Å². The summed E-state index contributed by atoms with van der Waals surface area (Å²) >= 11 is 3.53. The maximum atomic E-state index is 3.53. The van der Waals surface area contributed by atoms with E-state index in [1.807, 2.05) is 0 Å². The molecule has 2 rings (SSSR count). The Bertz CT molecular complexity index is 83.8. The second-order valence-corrected chi connectivity index (χ2v) is 3.72. The van der Waals surface area contributed by atoms with Gasteiger partial charge in [0, 0.05) is 5.33 Å². The highest BCUT2D eigenvalue weighted by Gasteiger charge is 2.51. The van der Waals surface area contributed by atoms with Crippen molar-refractivity contribution in [3.63, 3.8) is 0 Å². The summed E-state index contributed by atoms with van der Waals surface area (Å²) in [5.74, 6) is 3.38. The van der Waals surface area contributed by atoms with Gasteiger partial charge in [-0.1, -0.05) is 22.4 Å². The number of alkyl halides is 1. The minimum atomic E-state index is 1.09. The van der Waals surface area contributed by atoms with E-state index in [0.717, 1.165) is 17.8 Å². The zero-order valence-corrected chi connectivity index (χ0v) is 6.52. The first-order valence-electron chi connectivity index (χ1n) is 3.49. The first-order chi connectivity index (χ1) is 3.93. The van der Waals surface area contributed by atoms with E-state index in [2.05, 4.69) is 15.9 Å². The van der Waals surface area contributed by atoms with E-state index in [0.29, 0.717) is 0 Å². The molecule has 0 aromatic rings. The summed E-state index contributed by atoms with van der Waals surface area (Å²) < 4.78 is 0. The van der Waals surface area contributed by atoms with E-state index in [-0.39, 0.29) is 0 Å². The molecule has 0 aromatic heterocycles. The number of halogens is 1. The molecule has 0 radical (unpaired) electrons. The Morgan fingerprint density at radius 3 is 2.25 bits per heavy atom. The first-order valence-corrected chi connectivity index (χ1v) is 4.61. The molecule has 2 fully saturated rings. The van der Waals surface area contributed by atoms with Gasteiger partial charge < -0.3 is 0 Å². The van der Waals surface area contributed by atoms with Crippen molar-refractivity contribution in [2.75, 3.05) is 5.33 Å². The summed E-state index contributed by atoms with van der Waals surface area (Å²) in [5.41, 5.74) is 0. The number of hydrogen-bond donors (Lipinski definition) is 0. The zero-order valence-electron chi connectivity index (χ0n) is 4.94. The molecule has 2 atom stereocenters. The fraction of sp³-hybridized carbons (Fsp3) is 1.00. The number of hydrogen-bond acceptors (Lipinski definition) is 0. The minimum Gasteiger partial charge on any atom is -0.0925 e. The molecule has 0 spiro atoms. The maximum Gasteiger partial charge on any atom is 0.00651 e. The highest BCUT2D eigenvalue weighted by Crippen LogP contribution is 2.57. The van der Waals surface area contributed by atoms with Crippen LogP contribution < -0.4 is 0 Å². The van der Waals surface area contributed by atoms with Crippen LogP contribution in [-0.4, -0.2) is 5.33 Å². The summed E-state index contributed by atoms with van der Waals surface area (Å²) in [6, 6.07) is 0. The molecular formula is C7H11Br. The van der Waals surface area contributed by atoms with Crippen molar-refractivity contribution in [1.82, 2.24) is 0 Å². The van der Waals surface area contributed by atoms with Gasteiger partial charge in [0.15, 0.2) is 0 Å². The third-order valence-corrected chi connectivity index (χ3v) is 3.51. The van der Waals surface area contributed by atoms with Crippen molar-refractivity contribution in [3.8, 4) is 0 Å². The Morgan fingerprint density at radius 1 is 1.25 bits per heavy atom. The lowest BCUT2D eigenvalue weighted by atomic mass is 10.2. The van der Waals surface area contributed by atoms with Gasteiger partial charge in [0.25, 0.3) is 0 Å². The maximum absolute atomic E-state index is 3.53. The molecule has 2 aliphatic carbocycles. The lowest BCUT2D eigenvalue weighted by molar-refractivity contribution is 0.636. The van der Waals surface area contributed by atoms with Gasteiger partial charge in [0.2, 0.25) is 0 Å². The molecule has 0 unspecified atom stereocenters. The predicted molar refractivity (Wildman–Crippen MR) is 38.1 cm³/mol. The average Bonchev–Trinajstić information content (AvgIpc) is 2.22. The Balaban J connectivity index is 1.94. The topological polar surface area (TPSA) is 0 Å². The molecule has 0 bridgehead atoms. The van der Waals surface area contributed by atoms with E-state index in [4.69, 9.17) is 0 Å². The normalized spacial score (nSPS) is 51.4. The second kappa shape index (κ2) is 1.73. The predicted octanol–water partition coefficient (Wildman–Crippen LogP) is 2.43. The van der Waals surface area contributed by atoms with Crippen molar-refractivity contribution < 1.29 is 0 Å². The zero-order chi connectivity index (χ0) is 5.56. The van der Waals surface area contributed by atoms with Crippen molar-refractivity contribution >= 4 is 15.9 Å². The van der Waals surface area contributed by atoms with Crippen molar-refractivity contribution in [1.29, 1.82) is 0 Å². The first kappa shape index (κ1) is 5.28. The Morgan fingerprint density at radius 2 is 1.88 bits per heavy atom. The molecule has 2 aliphatic rings. The Hall–Kier alpha value is 0.480. The lowest BCUT2D eigenvalue weighted by Gasteiger charge is -1.93. The van der Waals surface area contributed by atoms with E-state index in [9.17, 15) is 0 Å².